The molecule has 0 aromatic heterocycles. The van der Waals surface area contributed by atoms with Crippen LogP contribution in [0.1, 0.15) is 11.1 Å². The van der Waals surface area contributed by atoms with Crippen LogP contribution < -0.4 is 5.32 Å². The minimum absolute atomic E-state index is 0. The summed E-state index contributed by atoms with van der Waals surface area (Å²) in [5, 5.41) is 4.27. The fourth-order valence-corrected chi connectivity index (χ4v) is 1.62. The van der Waals surface area contributed by atoms with Crippen molar-refractivity contribution in [2.24, 2.45) is 4.99 Å². The second kappa shape index (κ2) is 7.98. The van der Waals surface area contributed by atoms with Crippen molar-refractivity contribution in [1.82, 2.24) is 5.32 Å². The zero-order valence-corrected chi connectivity index (χ0v) is 12.4. The van der Waals surface area contributed by atoms with Gasteiger partial charge in [0.15, 0.2) is 5.17 Å². The molecule has 0 aliphatic heterocycles. The Labute approximate surface area is 113 Å². The molecular formula is C11H17IN2S. The summed E-state index contributed by atoms with van der Waals surface area (Å²) in [5.74, 6) is 0. The van der Waals surface area contributed by atoms with Crippen LogP contribution in [0.4, 0.5) is 0 Å². The number of aliphatic imine (C=N–C) groups is 1. The largest absolute Gasteiger partial charge is 0.361 e. The fourth-order valence-electron chi connectivity index (χ4n) is 1.22. The molecule has 1 N–H and O–H groups in total. The van der Waals surface area contributed by atoms with Crippen LogP contribution in [-0.4, -0.2) is 18.5 Å². The average molecular weight is 336 g/mol. The van der Waals surface area contributed by atoms with Gasteiger partial charge < -0.3 is 5.32 Å². The van der Waals surface area contributed by atoms with Crippen LogP contribution in [0, 0.1) is 6.92 Å². The summed E-state index contributed by atoms with van der Waals surface area (Å²) in [6, 6.07) is 8.38. The van der Waals surface area contributed by atoms with Crippen molar-refractivity contribution in [1.29, 1.82) is 0 Å². The highest BCUT2D eigenvalue weighted by Gasteiger charge is 1.98. The van der Waals surface area contributed by atoms with Gasteiger partial charge in [-0.05, 0) is 24.3 Å². The Morgan fingerprint density at radius 3 is 2.60 bits per heavy atom. The maximum Gasteiger partial charge on any atom is 0.156 e. The second-order valence-corrected chi connectivity index (χ2v) is 3.81. The number of nitrogens with zero attached hydrogens (tertiary/aromatic N) is 1. The first-order valence-corrected chi connectivity index (χ1v) is 5.79. The Morgan fingerprint density at radius 1 is 1.40 bits per heavy atom. The molecule has 1 aromatic rings. The molecule has 2 nitrogen and oxygen atoms in total. The number of rotatable bonds is 2. The number of halogens is 1. The molecule has 1 aromatic carbocycles. The van der Waals surface area contributed by atoms with E-state index in [0.717, 1.165) is 11.7 Å². The highest BCUT2D eigenvalue weighted by atomic mass is 127. The normalized spacial score (nSPS) is 10.7. The molecule has 0 unspecified atom stereocenters. The molecule has 0 saturated carbocycles. The van der Waals surface area contributed by atoms with E-state index < -0.39 is 0 Å². The van der Waals surface area contributed by atoms with Crippen LogP contribution in [0.3, 0.4) is 0 Å². The number of amidine groups is 1. The average Bonchev–Trinajstić information content (AvgIpc) is 2.22. The predicted octanol–water partition coefficient (Wildman–Crippen LogP) is 3.05. The molecule has 0 spiro atoms. The van der Waals surface area contributed by atoms with Crippen molar-refractivity contribution < 1.29 is 0 Å². The van der Waals surface area contributed by atoms with Crippen molar-refractivity contribution in [3.63, 3.8) is 0 Å². The van der Waals surface area contributed by atoms with Gasteiger partial charge in [0.25, 0.3) is 0 Å². The Hall–Kier alpha value is -0.230. The van der Waals surface area contributed by atoms with Crippen LogP contribution in [0.2, 0.25) is 0 Å². The molecule has 0 radical (unpaired) electrons. The van der Waals surface area contributed by atoms with E-state index in [4.69, 9.17) is 0 Å². The monoisotopic (exact) mass is 336 g/mol. The van der Waals surface area contributed by atoms with Gasteiger partial charge in [-0.1, -0.05) is 36.0 Å². The third-order valence-electron chi connectivity index (χ3n) is 2.09. The van der Waals surface area contributed by atoms with E-state index in [2.05, 4.69) is 41.5 Å². The molecule has 0 saturated heterocycles. The molecule has 4 heteroatoms. The molecule has 15 heavy (non-hydrogen) atoms. The van der Waals surface area contributed by atoms with Crippen molar-refractivity contribution in [2.45, 2.75) is 13.5 Å². The summed E-state index contributed by atoms with van der Waals surface area (Å²) in [6.45, 7) is 2.97. The topological polar surface area (TPSA) is 24.4 Å². The third kappa shape index (κ3) is 4.88. The smallest absolute Gasteiger partial charge is 0.156 e. The second-order valence-electron chi connectivity index (χ2n) is 3.01. The first-order chi connectivity index (χ1) is 6.77. The standard InChI is InChI=1S/C11H16N2S.HI/c1-9-6-4-5-7-10(9)8-13-11(12-2)14-3;/h4-7H,8H2,1-3H3,(H,12,13);1H. The summed E-state index contributed by atoms with van der Waals surface area (Å²) in [6.07, 6.45) is 2.02. The van der Waals surface area contributed by atoms with Crippen LogP contribution in [0.25, 0.3) is 0 Å². The number of aryl methyl sites for hydroxylation is 1. The van der Waals surface area contributed by atoms with Crippen LogP contribution >= 0.6 is 35.7 Å². The lowest BCUT2D eigenvalue weighted by Gasteiger charge is -2.08. The zero-order valence-electron chi connectivity index (χ0n) is 9.28. The van der Waals surface area contributed by atoms with E-state index in [1.165, 1.54) is 11.1 Å². The van der Waals surface area contributed by atoms with Crippen molar-refractivity contribution >= 4 is 40.9 Å². The SMILES string of the molecule is CN=C(NCc1ccccc1C)SC.I. The molecule has 0 aliphatic carbocycles. The summed E-state index contributed by atoms with van der Waals surface area (Å²) in [5.41, 5.74) is 2.64. The Kier molecular flexibility index (Phi) is 7.86. The van der Waals surface area contributed by atoms with Gasteiger partial charge in [0.2, 0.25) is 0 Å². The molecule has 0 atom stereocenters. The molecule has 0 bridgehead atoms. The van der Waals surface area contributed by atoms with Gasteiger partial charge in [0.05, 0.1) is 0 Å². The number of hydrogen-bond acceptors (Lipinski definition) is 2. The van der Waals surface area contributed by atoms with Gasteiger partial charge in [-0.2, -0.15) is 0 Å². The van der Waals surface area contributed by atoms with Crippen LogP contribution in [0.5, 0.6) is 0 Å². The van der Waals surface area contributed by atoms with E-state index in [1.807, 2.05) is 6.26 Å². The van der Waals surface area contributed by atoms with Crippen LogP contribution in [0.15, 0.2) is 29.3 Å². The van der Waals surface area contributed by atoms with Gasteiger partial charge in [0.1, 0.15) is 0 Å². The van der Waals surface area contributed by atoms with Gasteiger partial charge in [-0.15, -0.1) is 24.0 Å². The lowest BCUT2D eigenvalue weighted by molar-refractivity contribution is 0.915. The van der Waals surface area contributed by atoms with Gasteiger partial charge in [-0.3, -0.25) is 4.99 Å². The van der Waals surface area contributed by atoms with E-state index in [0.29, 0.717) is 0 Å². The zero-order chi connectivity index (χ0) is 10.4. The maximum absolute atomic E-state index is 4.12. The van der Waals surface area contributed by atoms with Crippen molar-refractivity contribution in [3.05, 3.63) is 35.4 Å². The number of nitrogens with one attached hydrogen (secondary N) is 1. The summed E-state index contributed by atoms with van der Waals surface area (Å²) >= 11 is 1.63. The Balaban J connectivity index is 0.00000196. The summed E-state index contributed by atoms with van der Waals surface area (Å²) in [4.78, 5) is 4.12. The Bertz CT molecular complexity index is 326. The molecule has 84 valence electrons. The molecule has 0 fully saturated rings. The number of benzene rings is 1. The Morgan fingerprint density at radius 2 is 2.07 bits per heavy atom. The van der Waals surface area contributed by atoms with Gasteiger partial charge >= 0.3 is 0 Å². The summed E-state index contributed by atoms with van der Waals surface area (Å²) in [7, 11) is 1.80. The van der Waals surface area contributed by atoms with Crippen LogP contribution in [-0.2, 0) is 6.54 Å². The van der Waals surface area contributed by atoms with E-state index in [9.17, 15) is 0 Å². The molecular weight excluding hydrogens is 319 g/mol. The molecule has 0 heterocycles. The van der Waals surface area contributed by atoms with E-state index in [1.54, 1.807) is 18.8 Å². The third-order valence-corrected chi connectivity index (χ3v) is 2.80. The fraction of sp³-hybridized carbons (Fsp3) is 0.364. The minimum Gasteiger partial charge on any atom is -0.361 e. The van der Waals surface area contributed by atoms with Gasteiger partial charge in [0, 0.05) is 13.6 Å². The quantitative estimate of drug-likeness (QED) is 0.510. The van der Waals surface area contributed by atoms with E-state index >= 15 is 0 Å². The lowest BCUT2D eigenvalue weighted by Crippen LogP contribution is -2.19. The summed E-state index contributed by atoms with van der Waals surface area (Å²) < 4.78 is 0. The first kappa shape index (κ1) is 14.8. The minimum atomic E-state index is 0. The number of thioether (sulfide) groups is 1. The molecule has 1 rings (SSSR count). The highest BCUT2D eigenvalue weighted by molar-refractivity contribution is 14.0. The van der Waals surface area contributed by atoms with E-state index in [-0.39, 0.29) is 24.0 Å². The molecule has 0 aliphatic rings. The maximum atomic E-state index is 4.12. The van der Waals surface area contributed by atoms with Gasteiger partial charge in [-0.25, -0.2) is 0 Å². The first-order valence-electron chi connectivity index (χ1n) is 4.57. The van der Waals surface area contributed by atoms with Crippen molar-refractivity contribution in [3.8, 4) is 0 Å². The van der Waals surface area contributed by atoms with Crippen molar-refractivity contribution in [2.75, 3.05) is 13.3 Å². The lowest BCUT2D eigenvalue weighted by atomic mass is 10.1. The molecule has 0 amide bonds. The highest BCUT2D eigenvalue weighted by Crippen LogP contribution is 2.06. The number of hydrogen-bond donors (Lipinski definition) is 1. The predicted molar refractivity (Wildman–Crippen MR) is 80.3 cm³/mol.